The highest BCUT2D eigenvalue weighted by molar-refractivity contribution is 7.07. The van der Waals surface area contributed by atoms with Crippen LogP contribution in [0.3, 0.4) is 0 Å². The summed E-state index contributed by atoms with van der Waals surface area (Å²) in [5.74, 6) is 0. The molecule has 2 aromatic heterocycles. The molecule has 2 rings (SSSR count). The molecule has 86 valence electrons. The Balaban J connectivity index is 1.81. The summed E-state index contributed by atoms with van der Waals surface area (Å²) >= 11 is 1.74. The normalized spacial score (nSPS) is 11.2. The number of hydrogen-bond donors (Lipinski definition) is 1. The largest absolute Gasteiger partial charge is 0.308 e. The molecule has 2 aromatic rings. The van der Waals surface area contributed by atoms with Gasteiger partial charge in [-0.1, -0.05) is 0 Å². The molecule has 0 radical (unpaired) electrons. The number of nitrogens with zero attached hydrogens (tertiary/aromatic N) is 2. The van der Waals surface area contributed by atoms with Crippen molar-refractivity contribution in [2.45, 2.75) is 33.0 Å². The fourth-order valence-electron chi connectivity index (χ4n) is 1.50. The third kappa shape index (κ3) is 2.93. The summed E-state index contributed by atoms with van der Waals surface area (Å²) < 4.78 is 1.99. The van der Waals surface area contributed by atoms with Crippen LogP contribution in [0.5, 0.6) is 0 Å². The van der Waals surface area contributed by atoms with Crippen molar-refractivity contribution in [1.29, 1.82) is 0 Å². The van der Waals surface area contributed by atoms with Gasteiger partial charge in [-0.05, 0) is 36.2 Å². The summed E-state index contributed by atoms with van der Waals surface area (Å²) in [5.41, 5.74) is 2.59. The summed E-state index contributed by atoms with van der Waals surface area (Å²) in [7, 11) is 0. The molecule has 4 heteroatoms. The highest BCUT2D eigenvalue weighted by Gasteiger charge is 2.01. The SMILES string of the molecule is CC(C)n1cc(CNCc2ccsc2)cn1. The van der Waals surface area contributed by atoms with E-state index in [1.165, 1.54) is 11.1 Å². The van der Waals surface area contributed by atoms with Gasteiger partial charge in [-0.25, -0.2) is 0 Å². The number of rotatable bonds is 5. The monoisotopic (exact) mass is 235 g/mol. The van der Waals surface area contributed by atoms with E-state index in [0.717, 1.165) is 13.1 Å². The summed E-state index contributed by atoms with van der Waals surface area (Å²) in [4.78, 5) is 0. The van der Waals surface area contributed by atoms with Crippen molar-refractivity contribution in [3.05, 3.63) is 40.3 Å². The maximum absolute atomic E-state index is 4.31. The van der Waals surface area contributed by atoms with Crippen LogP contribution in [-0.2, 0) is 13.1 Å². The molecule has 0 saturated heterocycles. The highest BCUT2D eigenvalue weighted by atomic mass is 32.1. The molecule has 0 aliphatic rings. The Hall–Kier alpha value is -1.13. The van der Waals surface area contributed by atoms with Crippen molar-refractivity contribution < 1.29 is 0 Å². The molecular formula is C12H17N3S. The van der Waals surface area contributed by atoms with E-state index >= 15 is 0 Å². The number of thiophene rings is 1. The van der Waals surface area contributed by atoms with Crippen molar-refractivity contribution in [1.82, 2.24) is 15.1 Å². The van der Waals surface area contributed by atoms with E-state index in [9.17, 15) is 0 Å². The van der Waals surface area contributed by atoms with Crippen LogP contribution in [0, 0.1) is 0 Å². The lowest BCUT2D eigenvalue weighted by molar-refractivity contribution is 0.531. The minimum Gasteiger partial charge on any atom is -0.308 e. The Labute approximate surface area is 100 Å². The van der Waals surface area contributed by atoms with E-state index in [4.69, 9.17) is 0 Å². The maximum atomic E-state index is 4.31. The van der Waals surface area contributed by atoms with Gasteiger partial charge in [0.15, 0.2) is 0 Å². The van der Waals surface area contributed by atoms with Gasteiger partial charge >= 0.3 is 0 Å². The second-order valence-electron chi connectivity index (χ2n) is 4.16. The molecule has 0 saturated carbocycles. The summed E-state index contributed by atoms with van der Waals surface area (Å²) in [6, 6.07) is 2.58. The highest BCUT2D eigenvalue weighted by Crippen LogP contribution is 2.07. The second-order valence-corrected chi connectivity index (χ2v) is 4.94. The van der Waals surface area contributed by atoms with E-state index in [1.807, 2.05) is 10.9 Å². The lowest BCUT2D eigenvalue weighted by atomic mass is 10.3. The Morgan fingerprint density at radius 2 is 2.19 bits per heavy atom. The van der Waals surface area contributed by atoms with E-state index in [2.05, 4.69) is 47.3 Å². The van der Waals surface area contributed by atoms with E-state index in [0.29, 0.717) is 6.04 Å². The zero-order valence-electron chi connectivity index (χ0n) is 9.68. The third-order valence-electron chi connectivity index (χ3n) is 2.42. The Bertz CT molecular complexity index is 417. The van der Waals surface area contributed by atoms with Crippen LogP contribution >= 0.6 is 11.3 Å². The Morgan fingerprint density at radius 1 is 1.38 bits per heavy atom. The quantitative estimate of drug-likeness (QED) is 0.863. The van der Waals surface area contributed by atoms with E-state index in [-0.39, 0.29) is 0 Å². The molecule has 0 bridgehead atoms. The van der Waals surface area contributed by atoms with Crippen LogP contribution < -0.4 is 5.32 Å². The minimum absolute atomic E-state index is 0.436. The van der Waals surface area contributed by atoms with Gasteiger partial charge in [-0.15, -0.1) is 0 Å². The van der Waals surface area contributed by atoms with Gasteiger partial charge in [0.05, 0.1) is 6.20 Å². The molecular weight excluding hydrogens is 218 g/mol. The molecule has 0 aromatic carbocycles. The predicted molar refractivity (Wildman–Crippen MR) is 67.5 cm³/mol. The molecule has 2 heterocycles. The second kappa shape index (κ2) is 5.27. The first-order chi connectivity index (χ1) is 7.75. The average Bonchev–Trinajstić information content (AvgIpc) is 2.87. The first-order valence-corrected chi connectivity index (χ1v) is 6.45. The molecule has 1 N–H and O–H groups in total. The predicted octanol–water partition coefficient (Wildman–Crippen LogP) is 2.82. The van der Waals surface area contributed by atoms with Crippen LogP contribution in [0.25, 0.3) is 0 Å². The fourth-order valence-corrected chi connectivity index (χ4v) is 2.16. The van der Waals surface area contributed by atoms with Gasteiger partial charge in [-0.2, -0.15) is 16.4 Å². The van der Waals surface area contributed by atoms with Crippen LogP contribution in [0.15, 0.2) is 29.2 Å². The molecule has 0 fully saturated rings. The smallest absolute Gasteiger partial charge is 0.0534 e. The first-order valence-electron chi connectivity index (χ1n) is 5.50. The standard InChI is InChI=1S/C12H17N3S/c1-10(2)15-8-12(7-14-15)6-13-5-11-3-4-16-9-11/h3-4,7-10,13H,5-6H2,1-2H3. The Morgan fingerprint density at radius 3 is 2.81 bits per heavy atom. The van der Waals surface area contributed by atoms with Crippen molar-refractivity contribution in [3.63, 3.8) is 0 Å². The summed E-state index contributed by atoms with van der Waals surface area (Å²) in [6.07, 6.45) is 4.03. The third-order valence-corrected chi connectivity index (χ3v) is 3.15. The molecule has 3 nitrogen and oxygen atoms in total. The molecule has 0 amide bonds. The van der Waals surface area contributed by atoms with E-state index in [1.54, 1.807) is 11.3 Å². The minimum atomic E-state index is 0.436. The van der Waals surface area contributed by atoms with Gasteiger partial charge in [0, 0.05) is 30.9 Å². The molecule has 0 unspecified atom stereocenters. The number of nitrogens with one attached hydrogen (secondary N) is 1. The molecule has 0 atom stereocenters. The maximum Gasteiger partial charge on any atom is 0.0534 e. The summed E-state index contributed by atoms with van der Waals surface area (Å²) in [5, 5.41) is 12.0. The molecule has 16 heavy (non-hydrogen) atoms. The van der Waals surface area contributed by atoms with Gasteiger partial charge in [0.1, 0.15) is 0 Å². The van der Waals surface area contributed by atoms with Crippen LogP contribution in [0.2, 0.25) is 0 Å². The summed E-state index contributed by atoms with van der Waals surface area (Å²) in [6.45, 7) is 6.07. The lowest BCUT2D eigenvalue weighted by Gasteiger charge is -2.03. The van der Waals surface area contributed by atoms with E-state index < -0.39 is 0 Å². The van der Waals surface area contributed by atoms with Crippen molar-refractivity contribution in [3.8, 4) is 0 Å². The fraction of sp³-hybridized carbons (Fsp3) is 0.417. The van der Waals surface area contributed by atoms with Gasteiger partial charge in [-0.3, -0.25) is 4.68 Å². The Kier molecular flexibility index (Phi) is 3.74. The van der Waals surface area contributed by atoms with Crippen molar-refractivity contribution >= 4 is 11.3 Å². The van der Waals surface area contributed by atoms with Gasteiger partial charge in [0.2, 0.25) is 0 Å². The molecule has 0 spiro atoms. The zero-order valence-corrected chi connectivity index (χ0v) is 10.5. The topological polar surface area (TPSA) is 29.9 Å². The first kappa shape index (κ1) is 11.4. The van der Waals surface area contributed by atoms with Crippen LogP contribution in [0.1, 0.15) is 31.0 Å². The zero-order chi connectivity index (χ0) is 11.4. The van der Waals surface area contributed by atoms with Crippen molar-refractivity contribution in [2.75, 3.05) is 0 Å². The molecule has 0 aliphatic carbocycles. The van der Waals surface area contributed by atoms with Crippen LogP contribution in [-0.4, -0.2) is 9.78 Å². The molecule has 0 aliphatic heterocycles. The van der Waals surface area contributed by atoms with Crippen molar-refractivity contribution in [2.24, 2.45) is 0 Å². The number of hydrogen-bond acceptors (Lipinski definition) is 3. The van der Waals surface area contributed by atoms with Crippen LogP contribution in [0.4, 0.5) is 0 Å². The number of aromatic nitrogens is 2. The lowest BCUT2D eigenvalue weighted by Crippen LogP contribution is -2.11. The average molecular weight is 235 g/mol. The van der Waals surface area contributed by atoms with Gasteiger partial charge in [0.25, 0.3) is 0 Å². The van der Waals surface area contributed by atoms with Gasteiger partial charge < -0.3 is 5.32 Å².